The summed E-state index contributed by atoms with van der Waals surface area (Å²) in [6.45, 7) is 3.05. The first kappa shape index (κ1) is 10.9. The third-order valence-corrected chi connectivity index (χ3v) is 2.02. The van der Waals surface area contributed by atoms with Crippen molar-refractivity contribution in [2.45, 2.75) is 13.3 Å². The molecule has 1 aromatic heterocycles. The third-order valence-electron chi connectivity index (χ3n) is 2.02. The summed E-state index contributed by atoms with van der Waals surface area (Å²) in [4.78, 5) is 16.8. The van der Waals surface area contributed by atoms with Crippen LogP contribution in [-0.2, 0) is 11.2 Å². The summed E-state index contributed by atoms with van der Waals surface area (Å²) in [5, 5.41) is 0. The number of Topliss-reactive ketones (excluding diaryl/α,β-unsaturated/α-hetero) is 1. The first-order valence-electron chi connectivity index (χ1n) is 4.75. The zero-order valence-corrected chi connectivity index (χ0v) is 8.73. The Morgan fingerprint density at radius 2 is 2.07 bits per heavy atom. The van der Waals surface area contributed by atoms with E-state index in [-0.39, 0.29) is 5.78 Å². The summed E-state index contributed by atoms with van der Waals surface area (Å²) >= 11 is 0. The van der Waals surface area contributed by atoms with Gasteiger partial charge in [-0.15, -0.1) is 0 Å². The summed E-state index contributed by atoms with van der Waals surface area (Å²) in [5.74, 6) is 0.210. The van der Waals surface area contributed by atoms with E-state index in [1.54, 1.807) is 19.3 Å². The van der Waals surface area contributed by atoms with Gasteiger partial charge in [0.15, 0.2) is 0 Å². The number of nitrogens with zero attached hydrogens (tertiary/aromatic N) is 2. The van der Waals surface area contributed by atoms with Gasteiger partial charge < -0.3 is 0 Å². The number of hydrogen-bond donors (Lipinski definition) is 0. The van der Waals surface area contributed by atoms with Gasteiger partial charge in [0, 0.05) is 18.9 Å². The van der Waals surface area contributed by atoms with Crippen LogP contribution in [0.15, 0.2) is 24.5 Å². The van der Waals surface area contributed by atoms with Crippen LogP contribution in [0.1, 0.15) is 12.5 Å². The van der Waals surface area contributed by atoms with Gasteiger partial charge in [-0.25, -0.2) is 0 Å². The number of hydrogen-bond acceptors (Lipinski definition) is 3. The van der Waals surface area contributed by atoms with Gasteiger partial charge in [0.2, 0.25) is 0 Å². The number of likely N-dealkylation sites (N-methyl/N-ethyl adjacent to an activating group) is 1. The number of ketones is 1. The first-order valence-corrected chi connectivity index (χ1v) is 4.75. The molecule has 0 saturated carbocycles. The van der Waals surface area contributed by atoms with E-state index in [4.69, 9.17) is 0 Å². The Kier molecular flexibility index (Phi) is 4.26. The number of carbonyl (C=O) groups is 1. The number of carbonyl (C=O) groups excluding carboxylic acids is 1. The lowest BCUT2D eigenvalue weighted by Crippen LogP contribution is -2.26. The molecule has 76 valence electrons. The highest BCUT2D eigenvalue weighted by molar-refractivity contribution is 5.77. The monoisotopic (exact) mass is 192 g/mol. The molecule has 0 aliphatic rings. The Hall–Kier alpha value is -1.22. The molecule has 0 fully saturated rings. The molecule has 1 heterocycles. The van der Waals surface area contributed by atoms with Crippen molar-refractivity contribution in [2.24, 2.45) is 0 Å². The average molecular weight is 192 g/mol. The molecule has 0 atom stereocenters. The highest BCUT2D eigenvalue weighted by atomic mass is 16.1. The minimum absolute atomic E-state index is 0.210. The van der Waals surface area contributed by atoms with E-state index in [1.807, 2.05) is 24.1 Å². The smallest absolute Gasteiger partial charge is 0.143 e. The van der Waals surface area contributed by atoms with Crippen molar-refractivity contribution < 1.29 is 4.79 Å². The topological polar surface area (TPSA) is 33.2 Å². The lowest BCUT2D eigenvalue weighted by atomic mass is 10.2. The maximum absolute atomic E-state index is 10.8. The molecular formula is C11H16N2O. The molecule has 3 nitrogen and oxygen atoms in total. The van der Waals surface area contributed by atoms with Crippen molar-refractivity contribution in [2.75, 3.05) is 20.1 Å². The molecule has 0 aromatic carbocycles. The molecule has 0 spiro atoms. The second-order valence-corrected chi connectivity index (χ2v) is 3.55. The molecule has 0 aliphatic heterocycles. The van der Waals surface area contributed by atoms with Crippen molar-refractivity contribution in [1.29, 1.82) is 0 Å². The molecule has 0 amide bonds. The SMILES string of the molecule is CC(=O)CN(C)CCc1ccncc1. The van der Waals surface area contributed by atoms with Gasteiger partial charge in [0.1, 0.15) is 5.78 Å². The predicted molar refractivity (Wildman–Crippen MR) is 56.1 cm³/mol. The molecule has 0 saturated heterocycles. The fourth-order valence-corrected chi connectivity index (χ4v) is 1.33. The zero-order chi connectivity index (χ0) is 10.4. The van der Waals surface area contributed by atoms with Gasteiger partial charge in [0.05, 0.1) is 6.54 Å². The van der Waals surface area contributed by atoms with Crippen LogP contribution in [0.3, 0.4) is 0 Å². The summed E-state index contributed by atoms with van der Waals surface area (Å²) in [5.41, 5.74) is 1.26. The molecular weight excluding hydrogens is 176 g/mol. The van der Waals surface area contributed by atoms with Gasteiger partial charge in [0.25, 0.3) is 0 Å². The van der Waals surface area contributed by atoms with Gasteiger partial charge in [-0.05, 0) is 38.1 Å². The Bertz CT molecular complexity index is 285. The van der Waals surface area contributed by atoms with Gasteiger partial charge >= 0.3 is 0 Å². The molecule has 14 heavy (non-hydrogen) atoms. The van der Waals surface area contributed by atoms with Crippen molar-refractivity contribution in [3.8, 4) is 0 Å². The predicted octanol–water partition coefficient (Wildman–Crippen LogP) is 1.14. The number of rotatable bonds is 5. The number of aromatic nitrogens is 1. The standard InChI is InChI=1S/C11H16N2O/c1-10(14)9-13(2)8-5-11-3-6-12-7-4-11/h3-4,6-7H,5,8-9H2,1-2H3. The van der Waals surface area contributed by atoms with E-state index in [0.29, 0.717) is 6.54 Å². The van der Waals surface area contributed by atoms with E-state index in [1.165, 1.54) is 5.56 Å². The molecule has 1 rings (SSSR count). The average Bonchev–Trinajstić information content (AvgIpc) is 2.15. The maximum Gasteiger partial charge on any atom is 0.143 e. The lowest BCUT2D eigenvalue weighted by Gasteiger charge is -2.14. The molecule has 0 bridgehead atoms. The van der Waals surface area contributed by atoms with Gasteiger partial charge in [-0.2, -0.15) is 0 Å². The minimum atomic E-state index is 0.210. The molecule has 3 heteroatoms. The van der Waals surface area contributed by atoms with Crippen LogP contribution < -0.4 is 0 Å². The normalized spacial score (nSPS) is 10.5. The Morgan fingerprint density at radius 3 is 2.64 bits per heavy atom. The molecule has 0 aliphatic carbocycles. The second-order valence-electron chi connectivity index (χ2n) is 3.55. The summed E-state index contributed by atoms with van der Waals surface area (Å²) < 4.78 is 0. The van der Waals surface area contributed by atoms with Crippen molar-refractivity contribution >= 4 is 5.78 Å². The van der Waals surface area contributed by atoms with Crippen molar-refractivity contribution in [3.63, 3.8) is 0 Å². The van der Waals surface area contributed by atoms with Crippen LogP contribution in [0.4, 0.5) is 0 Å². The van der Waals surface area contributed by atoms with Crippen LogP contribution in [0.2, 0.25) is 0 Å². The molecule has 1 aromatic rings. The summed E-state index contributed by atoms with van der Waals surface area (Å²) in [6, 6.07) is 4.00. The van der Waals surface area contributed by atoms with Crippen LogP contribution in [0.5, 0.6) is 0 Å². The van der Waals surface area contributed by atoms with Crippen LogP contribution in [0.25, 0.3) is 0 Å². The Labute approximate surface area is 84.8 Å². The minimum Gasteiger partial charge on any atom is -0.299 e. The maximum atomic E-state index is 10.8. The third kappa shape index (κ3) is 4.14. The van der Waals surface area contributed by atoms with Crippen molar-refractivity contribution in [3.05, 3.63) is 30.1 Å². The zero-order valence-electron chi connectivity index (χ0n) is 8.73. The number of pyridine rings is 1. The second kappa shape index (κ2) is 5.50. The largest absolute Gasteiger partial charge is 0.299 e. The fourth-order valence-electron chi connectivity index (χ4n) is 1.33. The molecule has 0 unspecified atom stereocenters. The van der Waals surface area contributed by atoms with Crippen LogP contribution >= 0.6 is 0 Å². The van der Waals surface area contributed by atoms with E-state index in [2.05, 4.69) is 4.98 Å². The quantitative estimate of drug-likeness (QED) is 0.701. The molecule has 0 radical (unpaired) electrons. The Balaban J connectivity index is 2.30. The van der Waals surface area contributed by atoms with E-state index in [9.17, 15) is 4.79 Å². The van der Waals surface area contributed by atoms with Crippen LogP contribution in [-0.4, -0.2) is 35.8 Å². The van der Waals surface area contributed by atoms with E-state index >= 15 is 0 Å². The first-order chi connectivity index (χ1) is 6.68. The Morgan fingerprint density at radius 1 is 1.43 bits per heavy atom. The summed E-state index contributed by atoms with van der Waals surface area (Å²) in [6.07, 6.45) is 4.55. The highest BCUT2D eigenvalue weighted by Gasteiger charge is 2.01. The fraction of sp³-hybridized carbons (Fsp3) is 0.455. The highest BCUT2D eigenvalue weighted by Crippen LogP contribution is 1.98. The van der Waals surface area contributed by atoms with E-state index in [0.717, 1.165) is 13.0 Å². The van der Waals surface area contributed by atoms with E-state index < -0.39 is 0 Å². The lowest BCUT2D eigenvalue weighted by molar-refractivity contribution is -0.117. The van der Waals surface area contributed by atoms with Crippen LogP contribution in [0, 0.1) is 0 Å². The van der Waals surface area contributed by atoms with Gasteiger partial charge in [-0.3, -0.25) is 14.7 Å². The molecule has 0 N–H and O–H groups in total. The van der Waals surface area contributed by atoms with Crippen molar-refractivity contribution in [1.82, 2.24) is 9.88 Å². The van der Waals surface area contributed by atoms with Gasteiger partial charge in [-0.1, -0.05) is 0 Å². The summed E-state index contributed by atoms with van der Waals surface area (Å²) in [7, 11) is 1.96.